The Balaban J connectivity index is 1.54. The average molecular weight is 739 g/mol. The Bertz CT molecular complexity index is 1610. The number of imide groups is 2. The van der Waals surface area contributed by atoms with E-state index in [9.17, 15) is 24.3 Å². The van der Waals surface area contributed by atoms with Crippen LogP contribution in [0.4, 0.5) is 5.69 Å². The van der Waals surface area contributed by atoms with Gasteiger partial charge in [-0.05, 0) is 48.6 Å². The lowest BCUT2D eigenvalue weighted by molar-refractivity contribution is -0.138. The molecule has 6 rings (SSSR count). The Morgan fingerprint density at radius 2 is 1.79 bits per heavy atom. The number of carbonyl (C=O) groups excluding carboxylic acids is 4. The number of phenolic OH excluding ortho intramolecular Hbond substituents is 1. The van der Waals surface area contributed by atoms with E-state index in [2.05, 4.69) is 38.4 Å². The van der Waals surface area contributed by atoms with Crippen molar-refractivity contribution in [2.45, 2.75) is 28.5 Å². The molecule has 0 aromatic heterocycles. The summed E-state index contributed by atoms with van der Waals surface area (Å²) in [5, 5.41) is 11.3. The Morgan fingerprint density at radius 3 is 2.40 bits per heavy atom. The van der Waals surface area contributed by atoms with Crippen molar-refractivity contribution in [3.63, 3.8) is 0 Å². The summed E-state index contributed by atoms with van der Waals surface area (Å²) >= 11 is 21.1. The minimum absolute atomic E-state index is 0.117. The van der Waals surface area contributed by atoms with E-state index in [1.807, 2.05) is 6.08 Å². The van der Waals surface area contributed by atoms with Gasteiger partial charge in [0.2, 0.25) is 11.8 Å². The van der Waals surface area contributed by atoms with Crippen LogP contribution in [0.15, 0.2) is 59.1 Å². The number of ether oxygens (including phenoxy) is 1. The highest BCUT2D eigenvalue weighted by Gasteiger charge is 2.76. The molecule has 4 aliphatic rings. The van der Waals surface area contributed by atoms with Crippen LogP contribution >= 0.6 is 55.1 Å². The van der Waals surface area contributed by atoms with Crippen LogP contribution in [0.2, 0.25) is 0 Å². The average Bonchev–Trinajstić information content (AvgIpc) is 3.31. The minimum Gasteiger partial charge on any atom is -0.504 e. The van der Waals surface area contributed by atoms with Gasteiger partial charge in [0.25, 0.3) is 11.8 Å². The molecule has 12 heteroatoms. The van der Waals surface area contributed by atoms with Gasteiger partial charge in [-0.3, -0.25) is 29.0 Å². The number of anilines is 1. The quantitative estimate of drug-likeness (QED) is 0.182. The number of rotatable bonds is 5. The highest BCUT2D eigenvalue weighted by atomic mass is 79.9. The summed E-state index contributed by atoms with van der Waals surface area (Å²) in [5.41, 5.74) is 1.90. The third kappa shape index (κ3) is 3.77. The molecular formula is C30H24Br2Cl2N2O6. The minimum atomic E-state index is -2.04. The highest BCUT2D eigenvalue weighted by molar-refractivity contribution is 9.10. The van der Waals surface area contributed by atoms with Crippen molar-refractivity contribution in [1.29, 1.82) is 0 Å². The zero-order valence-electron chi connectivity index (χ0n) is 22.2. The first kappa shape index (κ1) is 29.4. The van der Waals surface area contributed by atoms with E-state index in [0.29, 0.717) is 15.7 Å². The van der Waals surface area contributed by atoms with Crippen LogP contribution in [0.25, 0.3) is 6.08 Å². The number of hydrogen-bond donors (Lipinski definition) is 1. The number of nitrogens with zero attached hydrogens (tertiary/aromatic N) is 2. The summed E-state index contributed by atoms with van der Waals surface area (Å²) in [5.74, 6) is -5.74. The van der Waals surface area contributed by atoms with Crippen molar-refractivity contribution >= 4 is 90.5 Å². The molecule has 1 saturated carbocycles. The fourth-order valence-electron chi connectivity index (χ4n) is 7.08. The van der Waals surface area contributed by atoms with Gasteiger partial charge in [-0.15, -0.1) is 23.2 Å². The van der Waals surface area contributed by atoms with Crippen molar-refractivity contribution in [3.05, 3.63) is 70.2 Å². The summed E-state index contributed by atoms with van der Waals surface area (Å²) in [6.45, 7) is 3.74. The van der Waals surface area contributed by atoms with E-state index >= 15 is 0 Å². The van der Waals surface area contributed by atoms with E-state index in [0.717, 1.165) is 10.5 Å². The van der Waals surface area contributed by atoms with Crippen LogP contribution in [0.5, 0.6) is 11.5 Å². The highest BCUT2D eigenvalue weighted by Crippen LogP contribution is 2.66. The van der Waals surface area contributed by atoms with E-state index in [4.69, 9.17) is 27.9 Å². The molecule has 2 aliphatic heterocycles. The number of methoxy groups -OCH3 is 1. The Morgan fingerprint density at radius 1 is 1.10 bits per heavy atom. The number of fused-ring (bicyclic) bond motifs is 4. The maximum atomic E-state index is 14.1. The SMILES string of the molecule is C=Cc1ccc(N2C(=O)C3CC=C4C(CC5(Cl)C(=O)N(CBr)C(=O)C5(Cl)C4c4cc(Br)cc(OC)c4O)C3C2=O)cc1. The monoisotopic (exact) mass is 736 g/mol. The maximum Gasteiger partial charge on any atom is 0.254 e. The lowest BCUT2D eigenvalue weighted by Gasteiger charge is -2.50. The van der Waals surface area contributed by atoms with E-state index in [-0.39, 0.29) is 41.3 Å². The summed E-state index contributed by atoms with van der Waals surface area (Å²) < 4.78 is 5.90. The molecular weight excluding hydrogens is 715 g/mol. The first-order chi connectivity index (χ1) is 19.9. The topological polar surface area (TPSA) is 104 Å². The standard InChI is InChI=1S/C30H24Br2Cl2N2O6/c1-3-14-4-6-16(7-5-14)36-25(38)18-9-8-17-20(22(18)26(36)39)12-29(33)27(40)35(13-31)28(41)30(29,34)23(17)19-10-15(32)11-21(42-2)24(19)37/h3-8,10-11,18,20,22-23,37H,1,9,12-13H2,2H3. The van der Waals surface area contributed by atoms with Crippen molar-refractivity contribution in [1.82, 2.24) is 4.90 Å². The first-order valence-electron chi connectivity index (χ1n) is 13.1. The molecule has 6 unspecified atom stereocenters. The number of phenols is 1. The van der Waals surface area contributed by atoms with Crippen LogP contribution in [-0.2, 0) is 19.2 Å². The van der Waals surface area contributed by atoms with Gasteiger partial charge in [-0.2, -0.15) is 0 Å². The lowest BCUT2D eigenvalue weighted by atomic mass is 9.56. The predicted octanol–water partition coefficient (Wildman–Crippen LogP) is 5.72. The van der Waals surface area contributed by atoms with Crippen LogP contribution in [0.1, 0.15) is 29.9 Å². The predicted molar refractivity (Wildman–Crippen MR) is 165 cm³/mol. The lowest BCUT2D eigenvalue weighted by Crippen LogP contribution is -2.60. The maximum absolute atomic E-state index is 14.1. The van der Waals surface area contributed by atoms with Crippen LogP contribution in [0, 0.1) is 17.8 Å². The van der Waals surface area contributed by atoms with E-state index in [1.165, 1.54) is 12.0 Å². The molecule has 2 aliphatic carbocycles. The summed E-state index contributed by atoms with van der Waals surface area (Å²) in [6.07, 6.45) is 3.53. The summed E-state index contributed by atoms with van der Waals surface area (Å²) in [4.78, 5) is 53.6. The van der Waals surface area contributed by atoms with Crippen molar-refractivity contribution < 1.29 is 29.0 Å². The van der Waals surface area contributed by atoms with Gasteiger partial charge in [0, 0.05) is 16.0 Å². The number of amides is 4. The fourth-order valence-corrected chi connectivity index (χ4v) is 8.95. The molecule has 2 saturated heterocycles. The van der Waals surface area contributed by atoms with Gasteiger partial charge < -0.3 is 9.84 Å². The van der Waals surface area contributed by atoms with Gasteiger partial charge in [0.1, 0.15) is 0 Å². The van der Waals surface area contributed by atoms with E-state index in [1.54, 1.807) is 42.5 Å². The number of likely N-dealkylation sites (tertiary alicyclic amines) is 1. The summed E-state index contributed by atoms with van der Waals surface area (Å²) in [7, 11) is 1.39. The zero-order valence-corrected chi connectivity index (χ0v) is 26.8. The van der Waals surface area contributed by atoms with Gasteiger partial charge >= 0.3 is 0 Å². The second-order valence-corrected chi connectivity index (χ2v) is 13.5. The normalized spacial score (nSPS) is 32.0. The van der Waals surface area contributed by atoms with Crippen molar-refractivity contribution in [3.8, 4) is 11.5 Å². The van der Waals surface area contributed by atoms with Crippen LogP contribution < -0.4 is 9.64 Å². The largest absolute Gasteiger partial charge is 0.504 e. The van der Waals surface area contributed by atoms with E-state index < -0.39 is 51.1 Å². The molecule has 0 bridgehead atoms. The fraction of sp³-hybridized carbons (Fsp3) is 0.333. The molecule has 0 radical (unpaired) electrons. The zero-order chi connectivity index (χ0) is 30.3. The number of allylic oxidation sites excluding steroid dienone is 2. The number of carbonyl (C=O) groups is 4. The third-order valence-corrected chi connectivity index (χ3v) is 11.4. The van der Waals surface area contributed by atoms with Crippen molar-refractivity contribution in [2.24, 2.45) is 17.8 Å². The third-order valence-electron chi connectivity index (χ3n) is 9.00. The second kappa shape index (κ2) is 10.2. The molecule has 0 spiro atoms. The second-order valence-electron chi connectivity index (χ2n) is 10.8. The molecule has 2 heterocycles. The van der Waals surface area contributed by atoms with Gasteiger partial charge in [0.05, 0.1) is 30.1 Å². The van der Waals surface area contributed by atoms with Crippen LogP contribution in [-0.4, -0.2) is 55.9 Å². The van der Waals surface area contributed by atoms with Gasteiger partial charge in [-0.1, -0.05) is 68.3 Å². The Kier molecular flexibility index (Phi) is 7.15. The molecule has 3 fully saturated rings. The number of benzene rings is 2. The molecule has 42 heavy (non-hydrogen) atoms. The Hall–Kier alpha value is -2.66. The molecule has 218 valence electrons. The smallest absolute Gasteiger partial charge is 0.254 e. The van der Waals surface area contributed by atoms with Gasteiger partial charge in [0.15, 0.2) is 21.2 Å². The van der Waals surface area contributed by atoms with Crippen LogP contribution in [0.3, 0.4) is 0 Å². The molecule has 8 nitrogen and oxygen atoms in total. The first-order valence-corrected chi connectivity index (χ1v) is 15.8. The molecule has 1 N–H and O–H groups in total. The molecule has 6 atom stereocenters. The molecule has 2 aromatic carbocycles. The van der Waals surface area contributed by atoms with Gasteiger partial charge in [-0.25, -0.2) is 0 Å². The molecule has 2 aromatic rings. The Labute approximate surface area is 268 Å². The number of alkyl halides is 3. The number of halogens is 4. The number of hydrogen-bond acceptors (Lipinski definition) is 6. The molecule has 4 amide bonds. The van der Waals surface area contributed by atoms with Crippen molar-refractivity contribution in [2.75, 3.05) is 17.5 Å². The number of aromatic hydroxyl groups is 1. The summed E-state index contributed by atoms with van der Waals surface area (Å²) in [6, 6.07) is 10.1.